The maximum atomic E-state index is 13.5. The summed E-state index contributed by atoms with van der Waals surface area (Å²) in [4.78, 5) is 3.68. The van der Waals surface area contributed by atoms with Crippen molar-refractivity contribution in [3.8, 4) is 0 Å². The lowest BCUT2D eigenvalue weighted by Gasteiger charge is -2.35. The first kappa shape index (κ1) is 11.5. The van der Waals surface area contributed by atoms with E-state index in [4.69, 9.17) is 0 Å². The Hall–Kier alpha value is -0.960. The van der Waals surface area contributed by atoms with Crippen LogP contribution >= 0.6 is 0 Å². The van der Waals surface area contributed by atoms with E-state index in [9.17, 15) is 9.50 Å². The van der Waals surface area contributed by atoms with E-state index in [1.54, 1.807) is 6.07 Å². The molecule has 1 saturated carbocycles. The van der Waals surface area contributed by atoms with Gasteiger partial charge in [0, 0.05) is 11.8 Å². The summed E-state index contributed by atoms with van der Waals surface area (Å²) in [6, 6.07) is 3.59. The quantitative estimate of drug-likeness (QED) is 0.782. The van der Waals surface area contributed by atoms with Crippen LogP contribution in [0.2, 0.25) is 0 Å². The fraction of sp³-hybridized carbons (Fsp3) is 0.615. The highest BCUT2D eigenvalue weighted by Crippen LogP contribution is 2.39. The molecule has 0 amide bonds. The summed E-state index contributed by atoms with van der Waals surface area (Å²) in [5.41, 5.74) is 0.190. The van der Waals surface area contributed by atoms with Gasteiger partial charge < -0.3 is 5.11 Å². The molecule has 88 valence electrons. The zero-order valence-electron chi connectivity index (χ0n) is 9.62. The van der Waals surface area contributed by atoms with Crippen LogP contribution in [0, 0.1) is 5.95 Å². The SMILES string of the molecule is CC[C@]1(O)CC[C@H](c2cccnc2F)CC1. The Balaban J connectivity index is 2.07. The second-order valence-electron chi connectivity index (χ2n) is 4.74. The summed E-state index contributed by atoms with van der Waals surface area (Å²) in [7, 11) is 0. The molecule has 0 atom stereocenters. The van der Waals surface area contributed by atoms with Gasteiger partial charge in [0.05, 0.1) is 5.60 Å². The number of pyridine rings is 1. The normalized spacial score (nSPS) is 30.3. The Morgan fingerprint density at radius 2 is 2.19 bits per heavy atom. The van der Waals surface area contributed by atoms with Gasteiger partial charge in [-0.25, -0.2) is 4.98 Å². The van der Waals surface area contributed by atoms with Crippen molar-refractivity contribution in [2.24, 2.45) is 0 Å². The average molecular weight is 223 g/mol. The maximum absolute atomic E-state index is 13.5. The number of nitrogens with zero attached hydrogens (tertiary/aromatic N) is 1. The maximum Gasteiger partial charge on any atom is 0.216 e. The third-order valence-electron chi connectivity index (χ3n) is 3.80. The van der Waals surface area contributed by atoms with Crippen molar-refractivity contribution in [2.75, 3.05) is 0 Å². The molecule has 1 heterocycles. The number of hydrogen-bond acceptors (Lipinski definition) is 2. The summed E-state index contributed by atoms with van der Waals surface area (Å²) < 4.78 is 13.5. The van der Waals surface area contributed by atoms with Gasteiger partial charge in [0.1, 0.15) is 0 Å². The second kappa shape index (κ2) is 4.50. The van der Waals surface area contributed by atoms with E-state index in [2.05, 4.69) is 4.98 Å². The predicted octanol–water partition coefficient (Wildman–Crippen LogP) is 3.02. The lowest BCUT2D eigenvalue weighted by molar-refractivity contribution is -0.00450. The van der Waals surface area contributed by atoms with Crippen LogP contribution in [-0.2, 0) is 0 Å². The van der Waals surface area contributed by atoms with Crippen LogP contribution in [0.15, 0.2) is 18.3 Å². The topological polar surface area (TPSA) is 33.1 Å². The molecule has 0 aromatic carbocycles. The van der Waals surface area contributed by atoms with Crippen LogP contribution in [-0.4, -0.2) is 15.7 Å². The van der Waals surface area contributed by atoms with Gasteiger partial charge in [0.15, 0.2) is 0 Å². The molecule has 0 aliphatic heterocycles. The van der Waals surface area contributed by atoms with Crippen molar-refractivity contribution in [3.05, 3.63) is 29.8 Å². The van der Waals surface area contributed by atoms with E-state index in [0.29, 0.717) is 5.56 Å². The van der Waals surface area contributed by atoms with Crippen molar-refractivity contribution in [2.45, 2.75) is 50.5 Å². The molecule has 16 heavy (non-hydrogen) atoms. The lowest BCUT2D eigenvalue weighted by atomic mass is 9.75. The van der Waals surface area contributed by atoms with Gasteiger partial charge in [-0.2, -0.15) is 4.39 Å². The highest BCUT2D eigenvalue weighted by molar-refractivity contribution is 5.17. The Bertz CT molecular complexity index is 359. The van der Waals surface area contributed by atoms with Crippen molar-refractivity contribution >= 4 is 0 Å². The second-order valence-corrected chi connectivity index (χ2v) is 4.74. The Morgan fingerprint density at radius 3 is 2.75 bits per heavy atom. The molecular weight excluding hydrogens is 205 g/mol. The fourth-order valence-electron chi connectivity index (χ4n) is 2.52. The molecule has 1 aromatic heterocycles. The van der Waals surface area contributed by atoms with Crippen LogP contribution < -0.4 is 0 Å². The molecule has 1 aromatic rings. The molecule has 1 aliphatic carbocycles. The fourth-order valence-corrected chi connectivity index (χ4v) is 2.52. The number of rotatable bonds is 2. The lowest BCUT2D eigenvalue weighted by Crippen LogP contribution is -2.32. The number of aromatic nitrogens is 1. The summed E-state index contributed by atoms with van der Waals surface area (Å²) in [6.07, 6.45) is 5.50. The van der Waals surface area contributed by atoms with Gasteiger partial charge in [-0.1, -0.05) is 13.0 Å². The molecule has 0 spiro atoms. The van der Waals surface area contributed by atoms with Crippen molar-refractivity contribution in [3.63, 3.8) is 0 Å². The van der Waals surface area contributed by atoms with Gasteiger partial charge in [-0.15, -0.1) is 0 Å². The van der Waals surface area contributed by atoms with Crippen molar-refractivity contribution in [1.29, 1.82) is 0 Å². The van der Waals surface area contributed by atoms with Gasteiger partial charge in [-0.3, -0.25) is 0 Å². The van der Waals surface area contributed by atoms with E-state index < -0.39 is 5.60 Å². The van der Waals surface area contributed by atoms with Crippen molar-refractivity contribution in [1.82, 2.24) is 4.98 Å². The number of aliphatic hydroxyl groups is 1. The molecule has 0 unspecified atom stereocenters. The Labute approximate surface area is 95.5 Å². The zero-order chi connectivity index (χ0) is 11.6. The third-order valence-corrected chi connectivity index (χ3v) is 3.80. The summed E-state index contributed by atoms with van der Waals surface area (Å²) >= 11 is 0. The number of halogens is 1. The van der Waals surface area contributed by atoms with E-state index in [1.165, 1.54) is 6.20 Å². The molecule has 0 bridgehead atoms. The molecule has 1 fully saturated rings. The molecule has 1 N–H and O–H groups in total. The van der Waals surface area contributed by atoms with Crippen LogP contribution in [0.4, 0.5) is 4.39 Å². The molecule has 0 saturated heterocycles. The average Bonchev–Trinajstić information content (AvgIpc) is 2.31. The van der Waals surface area contributed by atoms with Gasteiger partial charge >= 0.3 is 0 Å². The van der Waals surface area contributed by atoms with E-state index >= 15 is 0 Å². The molecule has 1 aliphatic rings. The first-order valence-corrected chi connectivity index (χ1v) is 5.97. The largest absolute Gasteiger partial charge is 0.390 e. The van der Waals surface area contributed by atoms with Gasteiger partial charge in [0.25, 0.3) is 0 Å². The zero-order valence-corrected chi connectivity index (χ0v) is 9.62. The third kappa shape index (κ3) is 2.24. The van der Waals surface area contributed by atoms with E-state index in [1.807, 2.05) is 13.0 Å². The monoisotopic (exact) mass is 223 g/mol. The molecule has 0 radical (unpaired) electrons. The smallest absolute Gasteiger partial charge is 0.216 e. The predicted molar refractivity (Wildman–Crippen MR) is 60.6 cm³/mol. The van der Waals surface area contributed by atoms with Crippen LogP contribution in [0.5, 0.6) is 0 Å². The van der Waals surface area contributed by atoms with Crippen molar-refractivity contribution < 1.29 is 9.50 Å². The first-order chi connectivity index (χ1) is 7.64. The minimum absolute atomic E-state index is 0.223. The van der Waals surface area contributed by atoms with Gasteiger partial charge in [-0.05, 0) is 44.1 Å². The summed E-state index contributed by atoms with van der Waals surface area (Å²) in [5, 5.41) is 10.1. The molecular formula is C13H18FNO. The molecule has 3 heteroatoms. The highest BCUT2D eigenvalue weighted by Gasteiger charge is 2.32. The van der Waals surface area contributed by atoms with Crippen LogP contribution in [0.3, 0.4) is 0 Å². The molecule has 2 rings (SSSR count). The van der Waals surface area contributed by atoms with E-state index in [0.717, 1.165) is 32.1 Å². The van der Waals surface area contributed by atoms with Crippen LogP contribution in [0.1, 0.15) is 50.5 Å². The minimum atomic E-state index is -0.519. The van der Waals surface area contributed by atoms with Crippen LogP contribution in [0.25, 0.3) is 0 Å². The first-order valence-electron chi connectivity index (χ1n) is 5.97. The summed E-state index contributed by atoms with van der Waals surface area (Å²) in [5.74, 6) is -0.130. The standard InChI is InChI=1S/C13H18FNO/c1-2-13(16)7-5-10(6-8-13)11-4-3-9-15-12(11)14/h3-4,9-10,16H,2,5-8H2,1H3/t10-,13-. The minimum Gasteiger partial charge on any atom is -0.390 e. The Morgan fingerprint density at radius 1 is 1.50 bits per heavy atom. The van der Waals surface area contributed by atoms with E-state index in [-0.39, 0.29) is 11.9 Å². The summed E-state index contributed by atoms with van der Waals surface area (Å²) in [6.45, 7) is 2.00. The Kier molecular flexibility index (Phi) is 3.24. The molecule has 2 nitrogen and oxygen atoms in total. The number of hydrogen-bond donors (Lipinski definition) is 1. The van der Waals surface area contributed by atoms with Gasteiger partial charge in [0.2, 0.25) is 5.95 Å². The highest BCUT2D eigenvalue weighted by atomic mass is 19.1.